The number of carbonyl (C=O) groups excluding carboxylic acids is 1. The molecule has 0 saturated carbocycles. The van der Waals surface area contributed by atoms with E-state index in [2.05, 4.69) is 4.98 Å². The number of anilines is 1. The van der Waals surface area contributed by atoms with Gasteiger partial charge >= 0.3 is 6.18 Å². The highest BCUT2D eigenvalue weighted by Crippen LogP contribution is 2.45. The fraction of sp³-hybridized carbons (Fsp3) is 0.367. The van der Waals surface area contributed by atoms with Crippen LogP contribution >= 0.6 is 0 Å². The summed E-state index contributed by atoms with van der Waals surface area (Å²) in [6.07, 6.45) is -3.51. The van der Waals surface area contributed by atoms with E-state index in [1.54, 1.807) is 18.5 Å². The number of nitrogen functional groups attached to an aromatic ring is 1. The Morgan fingerprint density at radius 2 is 1.76 bits per heavy atom. The summed E-state index contributed by atoms with van der Waals surface area (Å²) in [5.41, 5.74) is 9.88. The zero-order valence-electron chi connectivity index (χ0n) is 22.2. The molecular weight excluding hydrogens is 541 g/mol. The zero-order chi connectivity index (χ0) is 29.1. The second-order valence-electron chi connectivity index (χ2n) is 10.9. The predicted octanol–water partition coefficient (Wildman–Crippen LogP) is 6.72. The maximum atomic E-state index is 13.5. The highest BCUT2D eigenvalue weighted by molar-refractivity contribution is 5.85. The lowest BCUT2D eigenvalue weighted by Gasteiger charge is -2.37. The molecule has 2 saturated heterocycles. The number of benzene rings is 2. The molecule has 11 heteroatoms. The zero-order valence-corrected chi connectivity index (χ0v) is 22.2. The van der Waals surface area contributed by atoms with E-state index >= 15 is 0 Å². The number of alkyl halides is 5. The monoisotopic (exact) mass is 569 g/mol. The van der Waals surface area contributed by atoms with Gasteiger partial charge in [-0.25, -0.2) is 18.7 Å². The number of nitrogens with two attached hydrogens (primary N) is 1. The summed E-state index contributed by atoms with van der Waals surface area (Å²) in [7, 11) is 0. The van der Waals surface area contributed by atoms with Crippen LogP contribution in [-0.2, 0) is 4.79 Å². The summed E-state index contributed by atoms with van der Waals surface area (Å²) >= 11 is 0. The number of amides is 1. The van der Waals surface area contributed by atoms with E-state index in [4.69, 9.17) is 10.7 Å². The van der Waals surface area contributed by atoms with Gasteiger partial charge in [-0.15, -0.1) is 0 Å². The summed E-state index contributed by atoms with van der Waals surface area (Å²) in [5, 5.41) is 0. The van der Waals surface area contributed by atoms with Crippen molar-refractivity contribution in [3.8, 4) is 11.3 Å². The topological polar surface area (TPSA) is 76.5 Å². The first-order valence-corrected chi connectivity index (χ1v) is 13.5. The highest BCUT2D eigenvalue weighted by atomic mass is 19.4. The Hall–Kier alpha value is -4.02. The van der Waals surface area contributed by atoms with Crippen molar-refractivity contribution >= 4 is 17.2 Å². The van der Waals surface area contributed by atoms with Gasteiger partial charge in [0.05, 0.1) is 5.92 Å². The maximum Gasteiger partial charge on any atom is 0.394 e. The molecule has 0 bridgehead atoms. The van der Waals surface area contributed by atoms with Crippen molar-refractivity contribution in [3.63, 3.8) is 0 Å². The predicted molar refractivity (Wildman–Crippen MR) is 143 cm³/mol. The van der Waals surface area contributed by atoms with Crippen LogP contribution in [0.4, 0.5) is 27.8 Å². The Morgan fingerprint density at radius 1 is 1.02 bits per heavy atom. The first-order valence-electron chi connectivity index (χ1n) is 13.5. The third-order valence-corrected chi connectivity index (χ3v) is 8.55. The van der Waals surface area contributed by atoms with Crippen molar-refractivity contribution < 1.29 is 26.7 Å². The molecule has 214 valence electrons. The summed E-state index contributed by atoms with van der Waals surface area (Å²) in [5.74, 6) is -1.64. The molecule has 1 amide bonds. The molecule has 6 nitrogen and oxygen atoms in total. The SMILES string of the molecule is C[C@@H](c1ccc(-c2nc([C@@H]3CC[C@H]4C(C(F)(F)F)CC(=O)N4C3)n3ccnc(N)c23)cc1)c1cccc(C(F)F)c1. The van der Waals surface area contributed by atoms with E-state index in [0.717, 1.165) is 16.7 Å². The van der Waals surface area contributed by atoms with Crippen LogP contribution < -0.4 is 5.73 Å². The van der Waals surface area contributed by atoms with Gasteiger partial charge in [0.2, 0.25) is 5.91 Å². The summed E-state index contributed by atoms with van der Waals surface area (Å²) in [6.45, 7) is 2.11. The van der Waals surface area contributed by atoms with Gasteiger partial charge in [-0.3, -0.25) is 9.20 Å². The van der Waals surface area contributed by atoms with Crippen LogP contribution in [0.5, 0.6) is 0 Å². The fourth-order valence-electron chi connectivity index (χ4n) is 6.35. The van der Waals surface area contributed by atoms with Crippen LogP contribution in [0.3, 0.4) is 0 Å². The van der Waals surface area contributed by atoms with Gasteiger partial charge in [-0.2, -0.15) is 13.2 Å². The van der Waals surface area contributed by atoms with Crippen molar-refractivity contribution in [3.05, 3.63) is 83.4 Å². The number of fused-ring (bicyclic) bond motifs is 2. The molecule has 2 N–H and O–H groups in total. The maximum absolute atomic E-state index is 13.5. The molecule has 1 unspecified atom stereocenters. The van der Waals surface area contributed by atoms with Gasteiger partial charge in [-0.05, 0) is 30.0 Å². The molecule has 2 aromatic carbocycles. The third kappa shape index (κ3) is 4.81. The Kier molecular flexibility index (Phi) is 6.70. The Balaban J connectivity index is 1.31. The van der Waals surface area contributed by atoms with Crippen LogP contribution in [0.15, 0.2) is 60.9 Å². The van der Waals surface area contributed by atoms with Crippen LogP contribution in [0.1, 0.15) is 67.0 Å². The number of hydrogen-bond donors (Lipinski definition) is 1. The van der Waals surface area contributed by atoms with Crippen LogP contribution in [0.25, 0.3) is 16.8 Å². The number of rotatable bonds is 5. The van der Waals surface area contributed by atoms with Gasteiger partial charge in [0.15, 0.2) is 0 Å². The fourth-order valence-corrected chi connectivity index (χ4v) is 6.35. The van der Waals surface area contributed by atoms with Crippen molar-refractivity contribution in [2.45, 2.75) is 56.7 Å². The summed E-state index contributed by atoms with van der Waals surface area (Å²) in [6, 6.07) is 13.1. The highest BCUT2D eigenvalue weighted by Gasteiger charge is 2.55. The molecule has 41 heavy (non-hydrogen) atoms. The average molecular weight is 570 g/mol. The Bertz CT molecular complexity index is 1600. The largest absolute Gasteiger partial charge is 0.394 e. The molecule has 2 aliphatic heterocycles. The quantitative estimate of drug-likeness (QED) is 0.271. The van der Waals surface area contributed by atoms with Crippen LogP contribution in [0.2, 0.25) is 0 Å². The van der Waals surface area contributed by atoms with E-state index in [1.165, 1.54) is 17.0 Å². The van der Waals surface area contributed by atoms with Crippen molar-refractivity contribution in [2.75, 3.05) is 12.3 Å². The average Bonchev–Trinajstić information content (AvgIpc) is 3.52. The minimum Gasteiger partial charge on any atom is -0.382 e. The van der Waals surface area contributed by atoms with Gasteiger partial charge in [0, 0.05) is 54.4 Å². The van der Waals surface area contributed by atoms with Crippen LogP contribution in [-0.4, -0.2) is 43.9 Å². The number of imidazole rings is 1. The molecule has 2 aromatic heterocycles. The summed E-state index contributed by atoms with van der Waals surface area (Å²) < 4.78 is 68.9. The Labute approximate surface area is 233 Å². The van der Waals surface area contributed by atoms with Crippen molar-refractivity contribution in [1.29, 1.82) is 0 Å². The lowest BCUT2D eigenvalue weighted by Crippen LogP contribution is -2.45. The van der Waals surface area contributed by atoms with E-state index < -0.39 is 36.9 Å². The molecule has 0 radical (unpaired) electrons. The number of halogens is 5. The lowest BCUT2D eigenvalue weighted by atomic mass is 9.87. The van der Waals surface area contributed by atoms with E-state index in [-0.39, 0.29) is 36.2 Å². The molecule has 0 aliphatic carbocycles. The molecule has 0 spiro atoms. The molecule has 2 aliphatic rings. The Morgan fingerprint density at radius 3 is 2.46 bits per heavy atom. The third-order valence-electron chi connectivity index (χ3n) is 8.55. The van der Waals surface area contributed by atoms with Crippen LogP contribution in [0, 0.1) is 5.92 Å². The molecular formula is C30H28F5N5O. The molecule has 6 rings (SSSR count). The first-order chi connectivity index (χ1) is 19.5. The number of carbonyl (C=O) groups is 1. The molecule has 4 aromatic rings. The van der Waals surface area contributed by atoms with Gasteiger partial charge in [-0.1, -0.05) is 49.4 Å². The van der Waals surface area contributed by atoms with E-state index in [1.807, 2.05) is 41.7 Å². The normalized spacial score (nSPS) is 22.0. The van der Waals surface area contributed by atoms with Gasteiger partial charge in [0.25, 0.3) is 6.43 Å². The van der Waals surface area contributed by atoms with Crippen molar-refractivity contribution in [1.82, 2.24) is 19.3 Å². The lowest BCUT2D eigenvalue weighted by molar-refractivity contribution is -0.182. The number of hydrogen-bond acceptors (Lipinski definition) is 4. The smallest absolute Gasteiger partial charge is 0.382 e. The molecule has 4 heterocycles. The van der Waals surface area contributed by atoms with E-state index in [0.29, 0.717) is 23.5 Å². The number of nitrogens with zero attached hydrogens (tertiary/aromatic N) is 4. The van der Waals surface area contributed by atoms with Gasteiger partial charge < -0.3 is 10.6 Å². The number of piperidine rings is 1. The number of aromatic nitrogens is 3. The second kappa shape index (κ2) is 10.1. The molecule has 4 atom stereocenters. The minimum absolute atomic E-state index is 0.0236. The summed E-state index contributed by atoms with van der Waals surface area (Å²) in [4.78, 5) is 23.1. The van der Waals surface area contributed by atoms with Gasteiger partial charge in [0.1, 0.15) is 22.9 Å². The standard InChI is InChI=1S/C30H28F5N5O/c1-16(19-3-2-4-20(13-19)27(31)32)17-5-7-18(8-6-17)25-26-28(36)37-11-12-39(26)29(38-25)21-9-10-23-22(30(33,34)35)14-24(41)40(23)15-21/h2-8,11-13,16,21-23,27H,9-10,14-15H2,1H3,(H2,36,37)/t16-,21+,22?,23-/m0/s1. The van der Waals surface area contributed by atoms with Crippen molar-refractivity contribution in [2.24, 2.45) is 5.92 Å². The minimum atomic E-state index is -4.41. The first kappa shape index (κ1) is 27.2. The van der Waals surface area contributed by atoms with E-state index in [9.17, 15) is 26.7 Å². The molecule has 2 fully saturated rings. The second-order valence-corrected chi connectivity index (χ2v) is 10.9.